The standard InChI is InChI=1S/C16H31N3O/c1-2-9-17-11-14-6-5-10-19(12-14)13-16(20)18-15-7-3-4-8-15/h14-15,17H,2-13H2,1H3,(H,18,20). The maximum absolute atomic E-state index is 12.1. The first-order valence-electron chi connectivity index (χ1n) is 8.50. The fourth-order valence-corrected chi connectivity index (χ4v) is 3.49. The summed E-state index contributed by atoms with van der Waals surface area (Å²) in [4.78, 5) is 14.4. The number of nitrogens with one attached hydrogen (secondary N) is 2. The lowest BCUT2D eigenvalue weighted by atomic mass is 9.98. The zero-order chi connectivity index (χ0) is 14.2. The van der Waals surface area contributed by atoms with Crippen molar-refractivity contribution in [1.82, 2.24) is 15.5 Å². The third-order valence-electron chi connectivity index (χ3n) is 4.55. The monoisotopic (exact) mass is 281 g/mol. The summed E-state index contributed by atoms with van der Waals surface area (Å²) in [7, 11) is 0. The second kappa shape index (κ2) is 8.63. The normalized spacial score (nSPS) is 24.9. The fourth-order valence-electron chi connectivity index (χ4n) is 3.49. The predicted octanol–water partition coefficient (Wildman–Crippen LogP) is 1.76. The van der Waals surface area contributed by atoms with Crippen LogP contribution in [0.2, 0.25) is 0 Å². The van der Waals surface area contributed by atoms with Crippen LogP contribution < -0.4 is 10.6 Å². The van der Waals surface area contributed by atoms with E-state index in [1.165, 1.54) is 44.9 Å². The molecule has 0 spiro atoms. The minimum absolute atomic E-state index is 0.235. The number of hydrogen-bond acceptors (Lipinski definition) is 3. The highest BCUT2D eigenvalue weighted by atomic mass is 16.2. The third-order valence-corrected chi connectivity index (χ3v) is 4.55. The molecule has 2 rings (SSSR count). The molecule has 1 unspecified atom stereocenters. The van der Waals surface area contributed by atoms with Gasteiger partial charge >= 0.3 is 0 Å². The Kier molecular flexibility index (Phi) is 6.80. The van der Waals surface area contributed by atoms with Crippen LogP contribution in [-0.2, 0) is 4.79 Å². The summed E-state index contributed by atoms with van der Waals surface area (Å²) in [6, 6.07) is 0.453. The molecule has 0 bridgehead atoms. The van der Waals surface area contributed by atoms with Gasteiger partial charge in [-0.15, -0.1) is 0 Å². The van der Waals surface area contributed by atoms with Crippen molar-refractivity contribution < 1.29 is 4.79 Å². The number of likely N-dealkylation sites (tertiary alicyclic amines) is 1. The maximum Gasteiger partial charge on any atom is 0.234 e. The molecule has 2 N–H and O–H groups in total. The van der Waals surface area contributed by atoms with E-state index in [0.29, 0.717) is 12.6 Å². The molecule has 1 saturated carbocycles. The van der Waals surface area contributed by atoms with Crippen molar-refractivity contribution in [2.24, 2.45) is 5.92 Å². The van der Waals surface area contributed by atoms with Crippen molar-refractivity contribution in [2.45, 2.75) is 57.9 Å². The van der Waals surface area contributed by atoms with E-state index >= 15 is 0 Å². The second-order valence-electron chi connectivity index (χ2n) is 6.50. The molecule has 2 aliphatic rings. The minimum Gasteiger partial charge on any atom is -0.352 e. The summed E-state index contributed by atoms with van der Waals surface area (Å²) in [5, 5.41) is 6.71. The highest BCUT2D eigenvalue weighted by Gasteiger charge is 2.23. The minimum atomic E-state index is 0.235. The molecule has 1 aliphatic carbocycles. The van der Waals surface area contributed by atoms with Crippen LogP contribution in [0.15, 0.2) is 0 Å². The largest absolute Gasteiger partial charge is 0.352 e. The van der Waals surface area contributed by atoms with Gasteiger partial charge in [0, 0.05) is 12.6 Å². The van der Waals surface area contributed by atoms with E-state index in [0.717, 1.165) is 32.1 Å². The van der Waals surface area contributed by atoms with Gasteiger partial charge in [-0.25, -0.2) is 0 Å². The first kappa shape index (κ1) is 15.8. The van der Waals surface area contributed by atoms with Crippen molar-refractivity contribution in [3.05, 3.63) is 0 Å². The van der Waals surface area contributed by atoms with E-state index in [1.54, 1.807) is 0 Å². The van der Waals surface area contributed by atoms with Crippen LogP contribution in [0.4, 0.5) is 0 Å². The van der Waals surface area contributed by atoms with Gasteiger partial charge in [0.2, 0.25) is 5.91 Å². The lowest BCUT2D eigenvalue weighted by molar-refractivity contribution is -0.123. The topological polar surface area (TPSA) is 44.4 Å². The van der Waals surface area contributed by atoms with E-state index in [2.05, 4.69) is 22.5 Å². The number of hydrogen-bond donors (Lipinski definition) is 2. The summed E-state index contributed by atoms with van der Waals surface area (Å²) in [5.74, 6) is 0.952. The van der Waals surface area contributed by atoms with Crippen molar-refractivity contribution >= 4 is 5.91 Å². The molecule has 0 aromatic heterocycles. The molecular weight excluding hydrogens is 250 g/mol. The van der Waals surface area contributed by atoms with Gasteiger partial charge in [-0.1, -0.05) is 19.8 Å². The van der Waals surface area contributed by atoms with Crippen LogP contribution in [-0.4, -0.2) is 49.6 Å². The Balaban J connectivity index is 1.65. The molecule has 4 nitrogen and oxygen atoms in total. The number of carbonyl (C=O) groups is 1. The molecule has 4 heteroatoms. The highest BCUT2D eigenvalue weighted by Crippen LogP contribution is 2.18. The average molecular weight is 281 g/mol. The molecular formula is C16H31N3O. The number of piperidine rings is 1. The molecule has 0 aromatic rings. The summed E-state index contributed by atoms with van der Waals surface area (Å²) in [6.45, 7) is 7.18. The van der Waals surface area contributed by atoms with Crippen molar-refractivity contribution in [3.8, 4) is 0 Å². The SMILES string of the molecule is CCCNCC1CCCN(CC(=O)NC2CCCC2)C1. The summed E-state index contributed by atoms with van der Waals surface area (Å²) >= 11 is 0. The Morgan fingerprint density at radius 3 is 2.75 bits per heavy atom. The summed E-state index contributed by atoms with van der Waals surface area (Å²) in [5.41, 5.74) is 0. The molecule has 116 valence electrons. The van der Waals surface area contributed by atoms with Crippen LogP contribution in [0.3, 0.4) is 0 Å². The Bertz CT molecular complexity index is 289. The van der Waals surface area contributed by atoms with Crippen molar-refractivity contribution in [2.75, 3.05) is 32.7 Å². The van der Waals surface area contributed by atoms with Crippen LogP contribution in [0.1, 0.15) is 51.9 Å². The van der Waals surface area contributed by atoms with Gasteiger partial charge in [0.05, 0.1) is 6.54 Å². The maximum atomic E-state index is 12.1. The molecule has 1 aliphatic heterocycles. The van der Waals surface area contributed by atoms with E-state index in [1.807, 2.05) is 0 Å². The Morgan fingerprint density at radius 1 is 1.20 bits per heavy atom. The smallest absolute Gasteiger partial charge is 0.234 e. The Morgan fingerprint density at radius 2 is 2.00 bits per heavy atom. The molecule has 20 heavy (non-hydrogen) atoms. The first-order valence-corrected chi connectivity index (χ1v) is 8.50. The quantitative estimate of drug-likeness (QED) is 0.699. The van der Waals surface area contributed by atoms with E-state index in [4.69, 9.17) is 0 Å². The average Bonchev–Trinajstić information content (AvgIpc) is 2.92. The molecule has 1 amide bonds. The Hall–Kier alpha value is -0.610. The summed E-state index contributed by atoms with van der Waals surface area (Å²) < 4.78 is 0. The van der Waals surface area contributed by atoms with Gasteiger partial charge < -0.3 is 10.6 Å². The fraction of sp³-hybridized carbons (Fsp3) is 0.938. The highest BCUT2D eigenvalue weighted by molar-refractivity contribution is 5.78. The van der Waals surface area contributed by atoms with E-state index < -0.39 is 0 Å². The van der Waals surface area contributed by atoms with Crippen LogP contribution in [0.5, 0.6) is 0 Å². The molecule has 2 fully saturated rings. The molecule has 1 heterocycles. The van der Waals surface area contributed by atoms with Gasteiger partial charge in [0.1, 0.15) is 0 Å². The zero-order valence-electron chi connectivity index (χ0n) is 13.0. The molecule has 0 radical (unpaired) electrons. The molecule has 0 aromatic carbocycles. The predicted molar refractivity (Wildman–Crippen MR) is 82.7 cm³/mol. The second-order valence-corrected chi connectivity index (χ2v) is 6.50. The zero-order valence-corrected chi connectivity index (χ0v) is 13.0. The van der Waals surface area contributed by atoms with Crippen molar-refractivity contribution in [3.63, 3.8) is 0 Å². The number of carbonyl (C=O) groups excluding carboxylic acids is 1. The Labute approximate surface area is 123 Å². The van der Waals surface area contributed by atoms with Gasteiger partial charge in [-0.05, 0) is 57.7 Å². The lowest BCUT2D eigenvalue weighted by Crippen LogP contribution is -2.46. The van der Waals surface area contributed by atoms with Crippen molar-refractivity contribution in [1.29, 1.82) is 0 Å². The number of rotatable bonds is 7. The van der Waals surface area contributed by atoms with Crippen LogP contribution >= 0.6 is 0 Å². The molecule has 1 saturated heterocycles. The van der Waals surface area contributed by atoms with Gasteiger partial charge in [0.25, 0.3) is 0 Å². The van der Waals surface area contributed by atoms with Gasteiger partial charge in [0.15, 0.2) is 0 Å². The van der Waals surface area contributed by atoms with Gasteiger partial charge in [-0.3, -0.25) is 9.69 Å². The molecule has 1 atom stereocenters. The third kappa shape index (κ3) is 5.41. The first-order chi connectivity index (χ1) is 9.78. The van der Waals surface area contributed by atoms with Gasteiger partial charge in [-0.2, -0.15) is 0 Å². The van der Waals surface area contributed by atoms with E-state index in [9.17, 15) is 4.79 Å². The number of amides is 1. The van der Waals surface area contributed by atoms with Crippen LogP contribution in [0, 0.1) is 5.92 Å². The van der Waals surface area contributed by atoms with Crippen LogP contribution in [0.25, 0.3) is 0 Å². The lowest BCUT2D eigenvalue weighted by Gasteiger charge is -2.32. The van der Waals surface area contributed by atoms with E-state index in [-0.39, 0.29) is 5.91 Å². The number of nitrogens with zero attached hydrogens (tertiary/aromatic N) is 1. The summed E-state index contributed by atoms with van der Waals surface area (Å²) in [6.07, 6.45) is 8.64.